The van der Waals surface area contributed by atoms with E-state index in [9.17, 15) is 14.3 Å². The zero-order valence-corrected chi connectivity index (χ0v) is 25.9. The molecule has 1 aliphatic rings. The smallest absolute Gasteiger partial charge is 0.323 e. The van der Waals surface area contributed by atoms with Crippen LogP contribution in [-0.4, -0.2) is 43.2 Å². The minimum Gasteiger partial charge on any atom is -0.463 e. The molecule has 3 aromatic rings. The highest BCUT2D eigenvalue weighted by Gasteiger charge is 2.27. The van der Waals surface area contributed by atoms with Crippen LogP contribution >= 0.6 is 0 Å². The summed E-state index contributed by atoms with van der Waals surface area (Å²) in [6.45, 7) is 7.18. The second-order valence-electron chi connectivity index (χ2n) is 11.6. The molecule has 1 heterocycles. The first-order valence-corrected chi connectivity index (χ1v) is 15.6. The Morgan fingerprint density at radius 3 is 2.50 bits per heavy atom. The monoisotopic (exact) mass is 607 g/mol. The predicted molar refractivity (Wildman–Crippen MR) is 171 cm³/mol. The summed E-state index contributed by atoms with van der Waals surface area (Å²) in [5.41, 5.74) is 4.24. The van der Waals surface area contributed by atoms with Crippen molar-refractivity contribution < 1.29 is 28.5 Å². The summed E-state index contributed by atoms with van der Waals surface area (Å²) in [5.74, 6) is -0.145. The Morgan fingerprint density at radius 1 is 0.932 bits per heavy atom. The molecule has 9 heteroatoms. The van der Waals surface area contributed by atoms with Gasteiger partial charge in [0.25, 0.3) is 0 Å². The molecule has 0 fully saturated rings. The van der Waals surface area contributed by atoms with E-state index in [1.165, 1.54) is 24.3 Å². The number of unbranched alkanes of at least 4 members (excludes halogenated alkanes) is 4. The van der Waals surface area contributed by atoms with Gasteiger partial charge in [-0.15, -0.1) is 0 Å². The maximum atomic E-state index is 13.0. The lowest BCUT2D eigenvalue weighted by Crippen LogP contribution is -2.35. The van der Waals surface area contributed by atoms with Crippen molar-refractivity contribution in [2.45, 2.75) is 77.3 Å². The fourth-order valence-corrected chi connectivity index (χ4v) is 5.00. The lowest BCUT2D eigenvalue weighted by molar-refractivity contribution is -0.180. The molecular formula is C35H46FN3O5. The first kappa shape index (κ1) is 33.4. The number of amides is 2. The molecule has 1 atom stereocenters. The number of fused-ring (bicyclic) bond motifs is 1. The van der Waals surface area contributed by atoms with Crippen LogP contribution in [0.15, 0.2) is 66.7 Å². The lowest BCUT2D eigenvalue weighted by Gasteiger charge is -2.33. The number of anilines is 2. The molecule has 0 saturated carbocycles. The van der Waals surface area contributed by atoms with Gasteiger partial charge in [-0.3, -0.25) is 0 Å². The third kappa shape index (κ3) is 11.5. The van der Waals surface area contributed by atoms with E-state index in [0.717, 1.165) is 92.8 Å². The summed E-state index contributed by atoms with van der Waals surface area (Å²) >= 11 is 0. The summed E-state index contributed by atoms with van der Waals surface area (Å²) in [7, 11) is 0. The third-order valence-electron chi connectivity index (χ3n) is 7.42. The Balaban J connectivity index is 0.973. The van der Waals surface area contributed by atoms with Gasteiger partial charge in [0.2, 0.25) is 5.79 Å². The average molecular weight is 608 g/mol. The Kier molecular flexibility index (Phi) is 13.0. The van der Waals surface area contributed by atoms with E-state index in [4.69, 9.17) is 14.2 Å². The SMILES string of the molecule is CC1(C)OCc2cc([C@@H](O)CNCCCCCCOCCCCc3cccc(NC(=O)Nc4ccc(F)cc4)c3)ccc2O1. The molecule has 4 N–H and O–H groups in total. The van der Waals surface area contributed by atoms with E-state index in [-0.39, 0.29) is 11.8 Å². The Bertz CT molecular complexity index is 1320. The van der Waals surface area contributed by atoms with Gasteiger partial charge in [0.1, 0.15) is 11.6 Å². The molecule has 0 saturated heterocycles. The number of urea groups is 1. The van der Waals surface area contributed by atoms with Gasteiger partial charge in [0.15, 0.2) is 0 Å². The first-order chi connectivity index (χ1) is 21.3. The van der Waals surface area contributed by atoms with Gasteiger partial charge in [0, 0.05) is 50.5 Å². The molecule has 1 aliphatic heterocycles. The topological polar surface area (TPSA) is 101 Å². The van der Waals surface area contributed by atoms with Crippen molar-refractivity contribution >= 4 is 17.4 Å². The number of hydrogen-bond acceptors (Lipinski definition) is 6. The predicted octanol–water partition coefficient (Wildman–Crippen LogP) is 7.34. The van der Waals surface area contributed by atoms with Crippen molar-refractivity contribution in [2.75, 3.05) is 36.9 Å². The largest absolute Gasteiger partial charge is 0.463 e. The molecule has 0 aliphatic carbocycles. The second kappa shape index (κ2) is 17.1. The Morgan fingerprint density at radius 2 is 1.68 bits per heavy atom. The van der Waals surface area contributed by atoms with Gasteiger partial charge in [0.05, 0.1) is 12.7 Å². The van der Waals surface area contributed by atoms with Crippen molar-refractivity contribution in [3.63, 3.8) is 0 Å². The maximum Gasteiger partial charge on any atom is 0.323 e. The highest BCUT2D eigenvalue weighted by molar-refractivity contribution is 5.99. The summed E-state index contributed by atoms with van der Waals surface area (Å²) in [4.78, 5) is 12.2. The second-order valence-corrected chi connectivity index (χ2v) is 11.6. The molecule has 4 rings (SSSR count). The quantitative estimate of drug-likeness (QED) is 0.120. The van der Waals surface area contributed by atoms with Crippen molar-refractivity contribution in [3.8, 4) is 5.75 Å². The minimum absolute atomic E-state index is 0.345. The Labute approximate surface area is 260 Å². The molecule has 0 bridgehead atoms. The number of aryl methyl sites for hydroxylation is 1. The fraction of sp³-hybridized carbons (Fsp3) is 0.457. The van der Waals surface area contributed by atoms with E-state index < -0.39 is 11.9 Å². The number of ether oxygens (including phenoxy) is 3. The van der Waals surface area contributed by atoms with E-state index in [1.54, 1.807) is 0 Å². The molecule has 0 spiro atoms. The summed E-state index contributed by atoms with van der Waals surface area (Å²) in [5, 5.41) is 19.4. The van der Waals surface area contributed by atoms with E-state index in [0.29, 0.717) is 18.8 Å². The minimum atomic E-state index is -0.618. The van der Waals surface area contributed by atoms with Gasteiger partial charge in [-0.2, -0.15) is 0 Å². The number of nitrogens with one attached hydrogen (secondary N) is 3. The normalized spacial score (nSPS) is 14.4. The van der Waals surface area contributed by atoms with Crippen molar-refractivity contribution in [3.05, 3.63) is 89.2 Å². The summed E-state index contributed by atoms with van der Waals surface area (Å²) in [6, 6.07) is 18.9. The molecule has 0 aromatic heterocycles. The highest BCUT2D eigenvalue weighted by atomic mass is 19.1. The molecule has 8 nitrogen and oxygen atoms in total. The van der Waals surface area contributed by atoms with E-state index >= 15 is 0 Å². The molecule has 44 heavy (non-hydrogen) atoms. The van der Waals surface area contributed by atoms with Crippen LogP contribution in [0, 0.1) is 5.82 Å². The zero-order chi connectivity index (χ0) is 31.2. The number of aliphatic hydroxyl groups excluding tert-OH is 1. The van der Waals surface area contributed by atoms with Crippen LogP contribution < -0.4 is 20.7 Å². The number of hydrogen-bond donors (Lipinski definition) is 4. The number of benzene rings is 3. The van der Waals surface area contributed by atoms with Gasteiger partial charge in [-0.1, -0.05) is 31.0 Å². The molecule has 2 amide bonds. The average Bonchev–Trinajstić information content (AvgIpc) is 3.00. The first-order valence-electron chi connectivity index (χ1n) is 15.6. The van der Waals surface area contributed by atoms with Crippen LogP contribution in [-0.2, 0) is 22.5 Å². The van der Waals surface area contributed by atoms with Crippen molar-refractivity contribution in [2.24, 2.45) is 0 Å². The summed E-state index contributed by atoms with van der Waals surface area (Å²) in [6.07, 6.45) is 6.70. The van der Waals surface area contributed by atoms with Crippen LogP contribution in [0.3, 0.4) is 0 Å². The van der Waals surface area contributed by atoms with Crippen LogP contribution in [0.5, 0.6) is 5.75 Å². The van der Waals surface area contributed by atoms with E-state index in [1.807, 2.05) is 50.2 Å². The molecule has 238 valence electrons. The van der Waals surface area contributed by atoms with E-state index in [2.05, 4.69) is 22.0 Å². The number of carbonyl (C=O) groups excluding carboxylic acids is 1. The maximum absolute atomic E-state index is 13.0. The highest BCUT2D eigenvalue weighted by Crippen LogP contribution is 2.32. The number of halogens is 1. The zero-order valence-electron chi connectivity index (χ0n) is 25.9. The van der Waals surface area contributed by atoms with Crippen LogP contribution in [0.4, 0.5) is 20.6 Å². The van der Waals surface area contributed by atoms with Gasteiger partial charge in [-0.05, 0) is 98.3 Å². The molecule has 0 unspecified atom stereocenters. The van der Waals surface area contributed by atoms with Crippen LogP contribution in [0.1, 0.15) is 75.2 Å². The molecular weight excluding hydrogens is 561 g/mol. The van der Waals surface area contributed by atoms with Crippen molar-refractivity contribution in [1.29, 1.82) is 0 Å². The fourth-order valence-electron chi connectivity index (χ4n) is 5.00. The van der Waals surface area contributed by atoms with Crippen molar-refractivity contribution in [1.82, 2.24) is 5.32 Å². The number of rotatable bonds is 17. The van der Waals surface area contributed by atoms with Crippen LogP contribution in [0.25, 0.3) is 0 Å². The number of aliphatic hydroxyl groups is 1. The summed E-state index contributed by atoms with van der Waals surface area (Å²) < 4.78 is 30.4. The van der Waals surface area contributed by atoms with Gasteiger partial charge in [-0.25, -0.2) is 9.18 Å². The van der Waals surface area contributed by atoms with Gasteiger partial charge >= 0.3 is 6.03 Å². The standard InChI is InChI=1S/C35H46FN3O5/c1-35(2)43-25-28-23-27(13-18-33(28)44-35)32(40)24-37-19-6-3-4-7-20-42-21-8-5-10-26-11-9-12-31(22-26)39-34(41)38-30-16-14-29(36)15-17-30/h9,11-18,22-23,32,37,40H,3-8,10,19-21,24-25H2,1-2H3,(H2,38,39,41)/t32-/m0/s1. The van der Waals surface area contributed by atoms with Gasteiger partial charge < -0.3 is 35.3 Å². The number of carbonyl (C=O) groups is 1. The molecule has 0 radical (unpaired) electrons. The Hall–Kier alpha value is -3.50. The third-order valence-corrected chi connectivity index (χ3v) is 7.42. The lowest BCUT2D eigenvalue weighted by atomic mass is 10.0. The van der Waals surface area contributed by atoms with Crippen LogP contribution in [0.2, 0.25) is 0 Å². The molecule has 3 aromatic carbocycles.